The largest absolute Gasteiger partial charge is 1.00 e. The summed E-state index contributed by atoms with van der Waals surface area (Å²) < 4.78 is 30.4. The fraction of sp³-hybridized carbons (Fsp3) is 0.867. The number of unbranched alkanes of at least 4 members (excludes halogenated alkanes) is 4. The molecule has 0 amide bonds. The van der Waals surface area contributed by atoms with Crippen molar-refractivity contribution in [1.82, 2.24) is 0 Å². The van der Waals surface area contributed by atoms with Gasteiger partial charge in [-0.25, -0.2) is 0 Å². The zero-order valence-electron chi connectivity index (χ0n) is 15.1. The number of hydrogen-bond acceptors (Lipinski definition) is 4. The van der Waals surface area contributed by atoms with E-state index in [-0.39, 0.29) is 51.3 Å². The van der Waals surface area contributed by atoms with E-state index in [4.69, 9.17) is 0 Å². The number of carbonyl (C=O) groups is 2. The minimum absolute atomic E-state index is 0. The van der Waals surface area contributed by atoms with Gasteiger partial charge in [0.15, 0.2) is 0 Å². The first-order valence-corrected chi connectivity index (χ1v) is 9.02. The van der Waals surface area contributed by atoms with Crippen LogP contribution < -0.4 is 29.6 Å². The van der Waals surface area contributed by atoms with Crippen LogP contribution in [-0.2, 0) is 19.7 Å². The summed E-state index contributed by atoms with van der Waals surface area (Å²) >= 11 is 0. The van der Waals surface area contributed by atoms with Crippen LogP contribution in [0.3, 0.4) is 0 Å². The average molecular weight is 378 g/mol. The van der Waals surface area contributed by atoms with E-state index in [0.717, 1.165) is 12.8 Å². The van der Waals surface area contributed by atoms with Crippen molar-refractivity contribution in [2.45, 2.75) is 77.4 Å². The molecule has 0 aromatic rings. The van der Waals surface area contributed by atoms with Crippen LogP contribution in [-0.4, -0.2) is 39.9 Å². The Balaban J connectivity index is -0.000000735. The molecule has 0 spiro atoms. The molecule has 0 heterocycles. The molecule has 140 valence electrons. The first-order valence-electron chi connectivity index (χ1n) is 7.58. The van der Waals surface area contributed by atoms with E-state index in [9.17, 15) is 32.8 Å². The van der Waals surface area contributed by atoms with Crippen LogP contribution in [0.15, 0.2) is 0 Å². The fourth-order valence-corrected chi connectivity index (χ4v) is 3.84. The van der Waals surface area contributed by atoms with E-state index in [0.29, 0.717) is 19.3 Å². The zero-order valence-corrected chi connectivity index (χ0v) is 16.9. The molecule has 2 unspecified atom stereocenters. The number of carboxylic acid groups (broad SMARTS) is 2. The molecule has 0 fully saturated rings. The molecule has 0 saturated heterocycles. The van der Waals surface area contributed by atoms with E-state index in [1.165, 1.54) is 0 Å². The van der Waals surface area contributed by atoms with Crippen molar-refractivity contribution in [1.29, 1.82) is 0 Å². The van der Waals surface area contributed by atoms with Crippen LogP contribution in [0.5, 0.6) is 0 Å². The first kappa shape index (κ1) is 28.6. The van der Waals surface area contributed by atoms with Gasteiger partial charge in [0.05, 0.1) is 5.92 Å². The zero-order chi connectivity index (χ0) is 17.4. The standard InChI is InChI=1S/C14H26O7S.CH4.Na.H/c1-3-5-7-9-11(12(15)16)14(13(17)18,22(19,20)21)10-8-6-4-2;;;/h11H,3-10H2,1-2H3,(H,15,16)(H,17,18)(H,19,20,21);1H4;;/q;;+1;-1. The SMILES string of the molecule is C.CCCCCC(C(=O)O)C(CCCCC)(C(=O)O)S(=O)(=O)O.[H-].[Na+]. The molecule has 2 atom stereocenters. The third-order valence-electron chi connectivity index (χ3n) is 3.93. The van der Waals surface area contributed by atoms with Crippen LogP contribution in [0.25, 0.3) is 0 Å². The van der Waals surface area contributed by atoms with Gasteiger partial charge in [-0.1, -0.05) is 59.8 Å². The normalized spacial score (nSPS) is 14.6. The smallest absolute Gasteiger partial charge is 1.00 e. The summed E-state index contributed by atoms with van der Waals surface area (Å²) in [5.41, 5.74) is 0. The molecular formula is C15H31NaO7S. The second kappa shape index (κ2) is 13.1. The van der Waals surface area contributed by atoms with E-state index >= 15 is 0 Å². The van der Waals surface area contributed by atoms with Crippen molar-refractivity contribution in [2.24, 2.45) is 5.92 Å². The van der Waals surface area contributed by atoms with E-state index in [1.54, 1.807) is 0 Å². The Labute approximate surface area is 168 Å². The van der Waals surface area contributed by atoms with Gasteiger partial charge in [0.1, 0.15) is 0 Å². The Morgan fingerprint density at radius 2 is 1.50 bits per heavy atom. The molecule has 0 saturated carbocycles. The Morgan fingerprint density at radius 1 is 1.04 bits per heavy atom. The minimum Gasteiger partial charge on any atom is -1.00 e. The quantitative estimate of drug-likeness (QED) is 0.253. The van der Waals surface area contributed by atoms with Gasteiger partial charge in [0, 0.05) is 0 Å². The molecule has 0 aromatic heterocycles. The molecule has 0 rings (SSSR count). The molecular weight excluding hydrogens is 347 g/mol. The summed E-state index contributed by atoms with van der Waals surface area (Å²) in [5, 5.41) is 18.8. The second-order valence-electron chi connectivity index (χ2n) is 5.51. The van der Waals surface area contributed by atoms with Gasteiger partial charge in [-0.2, -0.15) is 8.42 Å². The maximum Gasteiger partial charge on any atom is 1.00 e. The van der Waals surface area contributed by atoms with Crippen molar-refractivity contribution < 1.29 is 63.8 Å². The predicted molar refractivity (Wildman–Crippen MR) is 89.2 cm³/mol. The van der Waals surface area contributed by atoms with Crippen LogP contribution in [0, 0.1) is 5.92 Å². The van der Waals surface area contributed by atoms with Gasteiger partial charge in [-0.15, -0.1) is 0 Å². The minimum atomic E-state index is -5.07. The number of hydrogen-bond donors (Lipinski definition) is 3. The molecule has 0 bridgehead atoms. The Hall–Kier alpha value is -0.150. The van der Waals surface area contributed by atoms with Gasteiger partial charge in [-0.3, -0.25) is 14.1 Å². The van der Waals surface area contributed by atoms with Crippen molar-refractivity contribution in [3.05, 3.63) is 0 Å². The molecule has 0 aliphatic carbocycles. The van der Waals surface area contributed by atoms with Crippen LogP contribution in [0.4, 0.5) is 0 Å². The summed E-state index contributed by atoms with van der Waals surface area (Å²) in [6, 6.07) is 0. The topological polar surface area (TPSA) is 129 Å². The number of carboxylic acids is 2. The Kier molecular flexibility index (Phi) is 15.6. The summed E-state index contributed by atoms with van der Waals surface area (Å²) in [4.78, 5) is 23.1. The van der Waals surface area contributed by atoms with Gasteiger partial charge in [0.25, 0.3) is 10.1 Å². The number of rotatable bonds is 12. The predicted octanol–water partition coefficient (Wildman–Crippen LogP) is 0.312. The van der Waals surface area contributed by atoms with Crippen molar-refractivity contribution in [3.8, 4) is 0 Å². The first-order chi connectivity index (χ1) is 10.1. The molecule has 0 aliphatic heterocycles. The van der Waals surface area contributed by atoms with Crippen molar-refractivity contribution in [2.75, 3.05) is 0 Å². The summed E-state index contributed by atoms with van der Waals surface area (Å²) in [5.74, 6) is -4.97. The van der Waals surface area contributed by atoms with Gasteiger partial charge < -0.3 is 11.6 Å². The third-order valence-corrected chi connectivity index (χ3v) is 5.52. The Bertz CT molecular complexity index is 484. The maximum atomic E-state index is 11.8. The van der Waals surface area contributed by atoms with Crippen LogP contribution in [0.2, 0.25) is 0 Å². The summed E-state index contributed by atoms with van der Waals surface area (Å²) in [7, 11) is -5.07. The van der Waals surface area contributed by atoms with E-state index < -0.39 is 39.1 Å². The van der Waals surface area contributed by atoms with Crippen LogP contribution >= 0.6 is 0 Å². The van der Waals surface area contributed by atoms with Gasteiger partial charge in [0.2, 0.25) is 4.75 Å². The van der Waals surface area contributed by atoms with E-state index in [1.807, 2.05) is 13.8 Å². The van der Waals surface area contributed by atoms with Gasteiger partial charge >= 0.3 is 41.5 Å². The number of aliphatic carboxylic acids is 2. The summed E-state index contributed by atoms with van der Waals surface area (Å²) in [6.07, 6.45) is 2.85. The molecule has 0 aromatic carbocycles. The molecule has 7 nitrogen and oxygen atoms in total. The average Bonchev–Trinajstić information content (AvgIpc) is 2.38. The molecule has 9 heteroatoms. The van der Waals surface area contributed by atoms with Crippen molar-refractivity contribution >= 4 is 22.1 Å². The van der Waals surface area contributed by atoms with Crippen LogP contribution in [0.1, 0.15) is 74.1 Å². The fourth-order valence-electron chi connectivity index (χ4n) is 2.64. The molecule has 0 aliphatic rings. The monoisotopic (exact) mass is 378 g/mol. The maximum absolute atomic E-state index is 11.8. The molecule has 0 radical (unpaired) electrons. The van der Waals surface area contributed by atoms with Crippen molar-refractivity contribution in [3.63, 3.8) is 0 Å². The third kappa shape index (κ3) is 7.39. The van der Waals surface area contributed by atoms with Gasteiger partial charge in [-0.05, 0) is 12.8 Å². The van der Waals surface area contributed by atoms with E-state index in [2.05, 4.69) is 0 Å². The molecule has 3 N–H and O–H groups in total. The second-order valence-corrected chi connectivity index (χ2v) is 7.19. The summed E-state index contributed by atoms with van der Waals surface area (Å²) in [6.45, 7) is 3.75. The molecule has 24 heavy (non-hydrogen) atoms. The Morgan fingerprint density at radius 3 is 1.83 bits per heavy atom.